The SMILES string of the molecule is CC(=O)[C@@]12O[C@]3(CCCCN3C1=O)Oc1ccc3ccccc3c1[C@@H]2c1ccccc1. The maximum absolute atomic E-state index is 14.0. The maximum Gasteiger partial charge on any atom is 0.298 e. The van der Waals surface area contributed by atoms with E-state index in [1.165, 1.54) is 6.92 Å². The second kappa shape index (κ2) is 6.41. The summed E-state index contributed by atoms with van der Waals surface area (Å²) in [6.45, 7) is 1.99. The Kier molecular flexibility index (Phi) is 3.84. The van der Waals surface area contributed by atoms with Crippen molar-refractivity contribution < 1.29 is 19.1 Å². The van der Waals surface area contributed by atoms with Gasteiger partial charge in [0.1, 0.15) is 5.75 Å². The fourth-order valence-electron chi connectivity index (χ4n) is 5.60. The molecular formula is C26H23NO4. The van der Waals surface area contributed by atoms with Crippen molar-refractivity contribution >= 4 is 22.5 Å². The minimum atomic E-state index is -1.65. The molecule has 1 amide bonds. The number of rotatable bonds is 2. The quantitative estimate of drug-likeness (QED) is 0.585. The van der Waals surface area contributed by atoms with E-state index in [0.29, 0.717) is 18.7 Å². The molecule has 0 aromatic heterocycles. The molecule has 5 nitrogen and oxygen atoms in total. The van der Waals surface area contributed by atoms with Crippen LogP contribution < -0.4 is 4.74 Å². The van der Waals surface area contributed by atoms with E-state index in [1.54, 1.807) is 4.90 Å². The highest BCUT2D eigenvalue weighted by molar-refractivity contribution is 6.12. The summed E-state index contributed by atoms with van der Waals surface area (Å²) in [5, 5.41) is 2.00. The molecule has 3 atom stereocenters. The van der Waals surface area contributed by atoms with Crippen LogP contribution in [0.25, 0.3) is 10.8 Å². The lowest BCUT2D eigenvalue weighted by molar-refractivity contribution is -0.260. The van der Waals surface area contributed by atoms with E-state index in [4.69, 9.17) is 9.47 Å². The van der Waals surface area contributed by atoms with Gasteiger partial charge in [0.25, 0.3) is 11.8 Å². The van der Waals surface area contributed by atoms with E-state index in [1.807, 2.05) is 66.7 Å². The average Bonchev–Trinajstić information content (AvgIpc) is 2.96. The van der Waals surface area contributed by atoms with Crippen LogP contribution in [-0.4, -0.2) is 34.6 Å². The highest BCUT2D eigenvalue weighted by Gasteiger charge is 2.70. The van der Waals surface area contributed by atoms with E-state index < -0.39 is 17.4 Å². The molecule has 2 saturated heterocycles. The van der Waals surface area contributed by atoms with Crippen LogP contribution in [0.5, 0.6) is 5.75 Å². The van der Waals surface area contributed by atoms with E-state index in [2.05, 4.69) is 0 Å². The van der Waals surface area contributed by atoms with Crippen LogP contribution in [0.4, 0.5) is 0 Å². The number of ketones is 1. The summed E-state index contributed by atoms with van der Waals surface area (Å²) in [6, 6.07) is 21.7. The number of benzene rings is 3. The topological polar surface area (TPSA) is 55.8 Å². The first kappa shape index (κ1) is 18.6. The lowest BCUT2D eigenvalue weighted by Gasteiger charge is -2.40. The predicted molar refractivity (Wildman–Crippen MR) is 116 cm³/mol. The van der Waals surface area contributed by atoms with Gasteiger partial charge in [-0.15, -0.1) is 0 Å². The van der Waals surface area contributed by atoms with E-state index in [0.717, 1.165) is 34.7 Å². The maximum atomic E-state index is 14.0. The summed E-state index contributed by atoms with van der Waals surface area (Å²) in [5.74, 6) is -1.74. The Balaban J connectivity index is 1.75. The van der Waals surface area contributed by atoms with Crippen LogP contribution in [0, 0.1) is 0 Å². The predicted octanol–water partition coefficient (Wildman–Crippen LogP) is 4.39. The van der Waals surface area contributed by atoms with Crippen molar-refractivity contribution in [2.45, 2.75) is 43.6 Å². The Bertz CT molecular complexity index is 1220. The Morgan fingerprint density at radius 1 is 1.00 bits per heavy atom. The second-order valence-electron chi connectivity index (χ2n) is 8.66. The number of hydrogen-bond donors (Lipinski definition) is 0. The minimum absolute atomic E-state index is 0.285. The van der Waals surface area contributed by atoms with Gasteiger partial charge in [0.2, 0.25) is 5.60 Å². The molecule has 156 valence electrons. The van der Waals surface area contributed by atoms with Crippen molar-refractivity contribution in [1.29, 1.82) is 0 Å². The molecule has 5 heteroatoms. The molecule has 3 aromatic rings. The van der Waals surface area contributed by atoms with Crippen molar-refractivity contribution in [3.63, 3.8) is 0 Å². The van der Waals surface area contributed by atoms with Gasteiger partial charge < -0.3 is 4.74 Å². The lowest BCUT2D eigenvalue weighted by atomic mass is 9.73. The summed E-state index contributed by atoms with van der Waals surface area (Å²) in [5.41, 5.74) is 0.0558. The Morgan fingerprint density at radius 3 is 2.58 bits per heavy atom. The van der Waals surface area contributed by atoms with Gasteiger partial charge in [-0.1, -0.05) is 60.7 Å². The van der Waals surface area contributed by atoms with Crippen LogP contribution in [0.2, 0.25) is 0 Å². The van der Waals surface area contributed by atoms with Crippen LogP contribution >= 0.6 is 0 Å². The Labute approximate surface area is 180 Å². The van der Waals surface area contributed by atoms with Crippen molar-refractivity contribution in [2.24, 2.45) is 0 Å². The molecule has 0 radical (unpaired) electrons. The molecule has 3 aliphatic rings. The van der Waals surface area contributed by atoms with Gasteiger partial charge in [-0.05, 0) is 42.2 Å². The first-order valence-corrected chi connectivity index (χ1v) is 10.9. The summed E-state index contributed by atoms with van der Waals surface area (Å²) in [6.07, 6.45) is 2.28. The van der Waals surface area contributed by atoms with E-state index in [-0.39, 0.29) is 11.7 Å². The zero-order chi connectivity index (χ0) is 21.2. The average molecular weight is 413 g/mol. The molecular weight excluding hydrogens is 390 g/mol. The van der Waals surface area contributed by atoms with Gasteiger partial charge in [0.05, 0.1) is 5.92 Å². The molecule has 2 bridgehead atoms. The molecule has 3 heterocycles. The van der Waals surface area contributed by atoms with Crippen molar-refractivity contribution in [1.82, 2.24) is 4.90 Å². The number of Topliss-reactive ketones (excluding diaryl/α,β-unsaturated/α-hetero) is 1. The van der Waals surface area contributed by atoms with Crippen LogP contribution in [0.3, 0.4) is 0 Å². The Hall–Kier alpha value is -3.18. The molecule has 31 heavy (non-hydrogen) atoms. The molecule has 0 N–H and O–H groups in total. The van der Waals surface area contributed by atoms with Crippen LogP contribution in [-0.2, 0) is 14.3 Å². The van der Waals surface area contributed by atoms with Crippen LogP contribution in [0.1, 0.15) is 43.2 Å². The molecule has 0 aliphatic carbocycles. The third-order valence-electron chi connectivity index (χ3n) is 6.97. The molecule has 6 rings (SSSR count). The van der Waals surface area contributed by atoms with Crippen LogP contribution in [0.15, 0.2) is 66.7 Å². The zero-order valence-corrected chi connectivity index (χ0v) is 17.3. The molecule has 0 saturated carbocycles. The number of carbonyl (C=O) groups excluding carboxylic acids is 2. The highest BCUT2D eigenvalue weighted by atomic mass is 16.8. The highest BCUT2D eigenvalue weighted by Crippen LogP contribution is 2.56. The summed E-state index contributed by atoms with van der Waals surface area (Å²) in [4.78, 5) is 29.0. The molecule has 3 aromatic carbocycles. The first-order chi connectivity index (χ1) is 15.1. The van der Waals surface area contributed by atoms with Gasteiger partial charge in [-0.25, -0.2) is 0 Å². The van der Waals surface area contributed by atoms with Gasteiger partial charge in [0, 0.05) is 18.5 Å². The summed E-state index contributed by atoms with van der Waals surface area (Å²) < 4.78 is 13.2. The molecule has 0 unspecified atom stereocenters. The molecule has 3 aliphatic heterocycles. The van der Waals surface area contributed by atoms with Gasteiger partial charge in [-0.2, -0.15) is 0 Å². The first-order valence-electron chi connectivity index (χ1n) is 10.9. The standard InChI is InChI=1S/C26H23NO4/c1-17(28)26-23(19-10-3-2-4-11-19)22-20-12-6-5-9-18(20)13-14-21(22)30-25(31-26)15-7-8-16-27(25)24(26)29/h2-6,9-14,23H,7-8,15-16H2,1H3/t23-,25-,26-/m0/s1. The zero-order valence-electron chi connectivity index (χ0n) is 17.3. The normalized spacial score (nSPS) is 29.1. The Morgan fingerprint density at radius 2 is 1.77 bits per heavy atom. The molecule has 1 spiro atoms. The number of nitrogens with zero attached hydrogens (tertiary/aromatic N) is 1. The number of ether oxygens (including phenoxy) is 2. The van der Waals surface area contributed by atoms with Gasteiger partial charge >= 0.3 is 0 Å². The fraction of sp³-hybridized carbons (Fsp3) is 0.308. The van der Waals surface area contributed by atoms with Crippen molar-refractivity contribution in [2.75, 3.05) is 6.54 Å². The number of carbonyl (C=O) groups is 2. The van der Waals surface area contributed by atoms with Crippen molar-refractivity contribution in [3.8, 4) is 5.75 Å². The summed E-state index contributed by atoms with van der Waals surface area (Å²) >= 11 is 0. The van der Waals surface area contributed by atoms with E-state index >= 15 is 0 Å². The number of piperidine rings is 1. The third-order valence-corrected chi connectivity index (χ3v) is 6.97. The lowest BCUT2D eigenvalue weighted by Crippen LogP contribution is -2.55. The second-order valence-corrected chi connectivity index (χ2v) is 8.66. The smallest absolute Gasteiger partial charge is 0.298 e. The largest absolute Gasteiger partial charge is 0.444 e. The minimum Gasteiger partial charge on any atom is -0.444 e. The van der Waals surface area contributed by atoms with Crippen molar-refractivity contribution in [3.05, 3.63) is 77.9 Å². The van der Waals surface area contributed by atoms with Gasteiger partial charge in [0.15, 0.2) is 5.78 Å². The number of fused-ring (bicyclic) bond motifs is 4. The molecule has 2 fully saturated rings. The third kappa shape index (κ3) is 2.35. The number of hydrogen-bond acceptors (Lipinski definition) is 4. The van der Waals surface area contributed by atoms with E-state index in [9.17, 15) is 9.59 Å². The fourth-order valence-corrected chi connectivity index (χ4v) is 5.60. The monoisotopic (exact) mass is 413 g/mol. The summed E-state index contributed by atoms with van der Waals surface area (Å²) in [7, 11) is 0. The number of amides is 1. The van der Waals surface area contributed by atoms with Gasteiger partial charge in [-0.3, -0.25) is 19.2 Å².